The molecule has 0 amide bonds. The maximum absolute atomic E-state index is 12.2. The molecule has 1 heterocycles. The molecule has 104 valence electrons. The molecule has 7 heteroatoms. The maximum atomic E-state index is 12.2. The van der Waals surface area contributed by atoms with E-state index in [-0.39, 0.29) is 5.92 Å². The second-order valence-electron chi connectivity index (χ2n) is 4.41. The van der Waals surface area contributed by atoms with Crippen molar-refractivity contribution in [3.63, 3.8) is 0 Å². The van der Waals surface area contributed by atoms with Gasteiger partial charge in [-0.15, -0.1) is 0 Å². The molecule has 19 heavy (non-hydrogen) atoms. The Bertz CT molecular complexity index is 496. The number of ether oxygens (including phenoxy) is 2. The van der Waals surface area contributed by atoms with E-state index in [1.54, 1.807) is 14.0 Å². The normalized spacial score (nSPS) is 15.7. The number of carbonyl (C=O) groups is 2. The second-order valence-corrected chi connectivity index (χ2v) is 5.18. The maximum Gasteiger partial charge on any atom is 0.347 e. The van der Waals surface area contributed by atoms with Crippen molar-refractivity contribution in [2.24, 2.45) is 5.92 Å². The van der Waals surface area contributed by atoms with Gasteiger partial charge in [-0.25, -0.2) is 9.59 Å². The number of nitrogens with one attached hydrogen (secondary N) is 1. The molecular formula is C12H16N2O4S. The average Bonchev–Trinajstić information content (AvgIpc) is 3.17. The standard InChI is InChI=1S/C12H16N2O4S/c1-6-8(10(13-2)19-14-6)11(15)18-9(7-4-5-7)12(16)17-3/h7,9,13H,4-5H2,1-3H3/t9-/m1/s1. The van der Waals surface area contributed by atoms with Gasteiger partial charge in [0.05, 0.1) is 12.8 Å². The topological polar surface area (TPSA) is 77.5 Å². The molecule has 1 aromatic heterocycles. The van der Waals surface area contributed by atoms with Crippen LogP contribution in [0.4, 0.5) is 5.00 Å². The third-order valence-corrected chi connectivity index (χ3v) is 3.97. The van der Waals surface area contributed by atoms with Crippen molar-refractivity contribution in [1.82, 2.24) is 4.37 Å². The first-order chi connectivity index (χ1) is 9.08. The lowest BCUT2D eigenvalue weighted by molar-refractivity contribution is -0.152. The third-order valence-electron chi connectivity index (χ3n) is 3.01. The average molecular weight is 284 g/mol. The molecule has 0 aromatic carbocycles. The van der Waals surface area contributed by atoms with Crippen molar-refractivity contribution in [3.05, 3.63) is 11.3 Å². The van der Waals surface area contributed by atoms with Gasteiger partial charge < -0.3 is 14.8 Å². The smallest absolute Gasteiger partial charge is 0.347 e. The fourth-order valence-electron chi connectivity index (χ4n) is 1.81. The number of hydrogen-bond donors (Lipinski definition) is 1. The van der Waals surface area contributed by atoms with Crippen LogP contribution in [0.25, 0.3) is 0 Å². The molecule has 0 unspecified atom stereocenters. The van der Waals surface area contributed by atoms with Crippen LogP contribution in [0.15, 0.2) is 0 Å². The highest BCUT2D eigenvalue weighted by atomic mass is 32.1. The number of nitrogens with zero attached hydrogens (tertiary/aromatic N) is 1. The molecule has 1 atom stereocenters. The number of hydrogen-bond acceptors (Lipinski definition) is 7. The van der Waals surface area contributed by atoms with Crippen LogP contribution in [0.3, 0.4) is 0 Å². The summed E-state index contributed by atoms with van der Waals surface area (Å²) in [5.74, 6) is -0.943. The van der Waals surface area contributed by atoms with E-state index < -0.39 is 18.0 Å². The molecule has 6 nitrogen and oxygen atoms in total. The highest BCUT2D eigenvalue weighted by Gasteiger charge is 2.40. The molecule has 1 N–H and O–H groups in total. The van der Waals surface area contributed by atoms with Crippen LogP contribution in [-0.2, 0) is 14.3 Å². The molecule has 1 aliphatic rings. The summed E-state index contributed by atoms with van der Waals surface area (Å²) >= 11 is 1.19. The van der Waals surface area contributed by atoms with Gasteiger partial charge in [0.15, 0.2) is 0 Å². The van der Waals surface area contributed by atoms with Gasteiger partial charge in [-0.3, -0.25) is 0 Å². The summed E-state index contributed by atoms with van der Waals surface area (Å²) in [5.41, 5.74) is 0.987. The molecule has 1 aromatic rings. The van der Waals surface area contributed by atoms with E-state index in [0.29, 0.717) is 16.3 Å². The first kappa shape index (κ1) is 13.8. The summed E-state index contributed by atoms with van der Waals surface area (Å²) in [6.45, 7) is 1.73. The van der Waals surface area contributed by atoms with Crippen molar-refractivity contribution >= 4 is 28.5 Å². The van der Waals surface area contributed by atoms with Crippen LogP contribution in [0.1, 0.15) is 28.9 Å². The molecule has 1 fully saturated rings. The minimum absolute atomic E-state index is 0.0846. The number of anilines is 1. The number of aromatic nitrogens is 1. The van der Waals surface area contributed by atoms with Crippen LogP contribution in [0, 0.1) is 12.8 Å². The Morgan fingerprint density at radius 2 is 2.16 bits per heavy atom. The monoisotopic (exact) mass is 284 g/mol. The fourth-order valence-corrected chi connectivity index (χ4v) is 2.54. The number of carbonyl (C=O) groups excluding carboxylic acids is 2. The first-order valence-corrected chi connectivity index (χ1v) is 6.78. The number of esters is 2. The molecule has 0 radical (unpaired) electrons. The van der Waals surface area contributed by atoms with Gasteiger partial charge in [-0.05, 0) is 31.3 Å². The van der Waals surface area contributed by atoms with E-state index in [1.807, 2.05) is 0 Å². The number of methoxy groups -OCH3 is 1. The van der Waals surface area contributed by atoms with E-state index >= 15 is 0 Å². The molecule has 0 bridgehead atoms. The Balaban J connectivity index is 2.14. The van der Waals surface area contributed by atoms with Crippen LogP contribution in [-0.4, -0.2) is 36.6 Å². The third kappa shape index (κ3) is 2.86. The molecule has 0 saturated heterocycles. The molecule has 0 spiro atoms. The second kappa shape index (κ2) is 5.56. The van der Waals surface area contributed by atoms with Crippen LogP contribution >= 0.6 is 11.5 Å². The molecule has 0 aliphatic heterocycles. The zero-order chi connectivity index (χ0) is 14.0. The van der Waals surface area contributed by atoms with Crippen LogP contribution in [0.2, 0.25) is 0 Å². The minimum atomic E-state index is -0.804. The van der Waals surface area contributed by atoms with Gasteiger partial charge in [-0.1, -0.05) is 0 Å². The number of rotatable bonds is 5. The van der Waals surface area contributed by atoms with E-state index in [2.05, 4.69) is 14.4 Å². The largest absolute Gasteiger partial charge is 0.466 e. The highest BCUT2D eigenvalue weighted by molar-refractivity contribution is 7.10. The van der Waals surface area contributed by atoms with Gasteiger partial charge in [-0.2, -0.15) is 4.37 Å². The Morgan fingerprint density at radius 3 is 2.68 bits per heavy atom. The summed E-state index contributed by atoms with van der Waals surface area (Å²) in [6.07, 6.45) is 0.959. The zero-order valence-corrected chi connectivity index (χ0v) is 11.9. The summed E-state index contributed by atoms with van der Waals surface area (Å²) < 4.78 is 14.1. The van der Waals surface area contributed by atoms with Crippen LogP contribution in [0.5, 0.6) is 0 Å². The van der Waals surface area contributed by atoms with Gasteiger partial charge in [0.25, 0.3) is 0 Å². The van der Waals surface area contributed by atoms with Crippen molar-refractivity contribution in [2.45, 2.75) is 25.9 Å². The van der Waals surface area contributed by atoms with Gasteiger partial charge >= 0.3 is 11.9 Å². The van der Waals surface area contributed by atoms with Crippen molar-refractivity contribution in [2.75, 3.05) is 19.5 Å². The van der Waals surface area contributed by atoms with Gasteiger partial charge in [0.2, 0.25) is 6.10 Å². The summed E-state index contributed by atoms with van der Waals surface area (Å²) in [4.78, 5) is 23.8. The van der Waals surface area contributed by atoms with Crippen molar-refractivity contribution in [3.8, 4) is 0 Å². The van der Waals surface area contributed by atoms with E-state index in [4.69, 9.17) is 4.74 Å². The molecule has 2 rings (SSSR count). The first-order valence-electron chi connectivity index (χ1n) is 6.01. The Kier molecular flexibility index (Phi) is 4.04. The lowest BCUT2D eigenvalue weighted by atomic mass is 10.2. The number of aryl methyl sites for hydroxylation is 1. The Labute approximate surface area is 115 Å². The Morgan fingerprint density at radius 1 is 1.47 bits per heavy atom. The molecule has 1 saturated carbocycles. The van der Waals surface area contributed by atoms with Crippen molar-refractivity contribution < 1.29 is 19.1 Å². The summed E-state index contributed by atoms with van der Waals surface area (Å²) in [5, 5.41) is 3.54. The Hall–Kier alpha value is -1.63. The van der Waals surface area contributed by atoms with Crippen molar-refractivity contribution in [1.29, 1.82) is 0 Å². The summed E-state index contributed by atoms with van der Waals surface area (Å²) in [6, 6.07) is 0. The predicted octanol–water partition coefficient (Wildman–Crippen LogP) is 1.60. The lowest BCUT2D eigenvalue weighted by Gasteiger charge is -2.15. The predicted molar refractivity (Wildman–Crippen MR) is 70.3 cm³/mol. The van der Waals surface area contributed by atoms with Gasteiger partial charge in [0, 0.05) is 13.0 Å². The van der Waals surface area contributed by atoms with E-state index in [1.165, 1.54) is 18.6 Å². The van der Waals surface area contributed by atoms with E-state index in [0.717, 1.165) is 12.8 Å². The summed E-state index contributed by atoms with van der Waals surface area (Å²) in [7, 11) is 3.00. The molecule has 1 aliphatic carbocycles. The lowest BCUT2D eigenvalue weighted by Crippen LogP contribution is -2.30. The quantitative estimate of drug-likeness (QED) is 0.828. The van der Waals surface area contributed by atoms with Crippen LogP contribution < -0.4 is 5.32 Å². The minimum Gasteiger partial charge on any atom is -0.466 e. The SMILES string of the molecule is CNc1snc(C)c1C(=O)O[C@@H](C(=O)OC)C1CC1. The fraction of sp³-hybridized carbons (Fsp3) is 0.583. The molecular weight excluding hydrogens is 268 g/mol. The van der Waals surface area contributed by atoms with E-state index in [9.17, 15) is 9.59 Å². The highest BCUT2D eigenvalue weighted by Crippen LogP contribution is 2.36. The van der Waals surface area contributed by atoms with Gasteiger partial charge in [0.1, 0.15) is 10.6 Å². The zero-order valence-electron chi connectivity index (χ0n) is 11.1.